The maximum atomic E-state index is 12.0. The van der Waals surface area contributed by atoms with Crippen molar-refractivity contribution in [2.45, 2.75) is 24.5 Å². The highest BCUT2D eigenvalue weighted by molar-refractivity contribution is 7.89. The van der Waals surface area contributed by atoms with Gasteiger partial charge in [-0.15, -0.1) is 0 Å². The number of furan rings is 1. The normalized spacial score (nSPS) is 18.5. The molecule has 1 saturated heterocycles. The van der Waals surface area contributed by atoms with Gasteiger partial charge in [-0.3, -0.25) is 0 Å². The summed E-state index contributed by atoms with van der Waals surface area (Å²) in [7, 11) is -3.42. The van der Waals surface area contributed by atoms with E-state index in [1.54, 1.807) is 6.07 Å². The van der Waals surface area contributed by atoms with E-state index in [4.69, 9.17) is 10.2 Å². The highest BCUT2D eigenvalue weighted by Crippen LogP contribution is 2.22. The van der Waals surface area contributed by atoms with E-state index >= 15 is 0 Å². The molecule has 1 aromatic rings. The van der Waals surface area contributed by atoms with Crippen molar-refractivity contribution < 1.29 is 12.8 Å². The Balaban J connectivity index is 2.28. The average molecular weight is 230 g/mol. The Hall–Kier alpha value is -0.850. The first-order valence-corrected chi connectivity index (χ1v) is 6.37. The highest BCUT2D eigenvalue weighted by Gasteiger charge is 2.29. The lowest BCUT2D eigenvalue weighted by Crippen LogP contribution is -2.27. The predicted octanol–water partition coefficient (Wildman–Crippen LogP) is 0.523. The lowest BCUT2D eigenvalue weighted by Gasteiger charge is -2.12. The van der Waals surface area contributed by atoms with E-state index < -0.39 is 10.0 Å². The molecule has 0 saturated carbocycles. The zero-order valence-electron chi connectivity index (χ0n) is 8.35. The molecule has 0 unspecified atom stereocenters. The van der Waals surface area contributed by atoms with Crippen LogP contribution in [0.2, 0.25) is 0 Å². The lowest BCUT2D eigenvalue weighted by atomic mass is 10.4. The summed E-state index contributed by atoms with van der Waals surface area (Å²) in [6.45, 7) is 1.39. The zero-order valence-corrected chi connectivity index (χ0v) is 9.16. The van der Waals surface area contributed by atoms with Gasteiger partial charge >= 0.3 is 0 Å². The summed E-state index contributed by atoms with van der Waals surface area (Å²) in [5, 5.41) is 0.00449. The van der Waals surface area contributed by atoms with E-state index in [0.717, 1.165) is 12.8 Å². The lowest BCUT2D eigenvalue weighted by molar-refractivity contribution is 0.390. The number of sulfonamides is 1. The van der Waals surface area contributed by atoms with Gasteiger partial charge in [0.1, 0.15) is 5.76 Å². The van der Waals surface area contributed by atoms with Crippen LogP contribution in [0.25, 0.3) is 0 Å². The second-order valence-electron chi connectivity index (χ2n) is 3.54. The standard InChI is InChI=1S/C9H14N2O3S/c10-7-8-3-4-9(14-8)15(12,13)11-5-1-2-6-11/h3-4H,1-2,5-7,10H2. The maximum absolute atomic E-state index is 12.0. The van der Waals surface area contributed by atoms with E-state index in [-0.39, 0.29) is 11.6 Å². The van der Waals surface area contributed by atoms with Gasteiger partial charge in [0.15, 0.2) is 0 Å². The third-order valence-corrected chi connectivity index (χ3v) is 4.27. The fraction of sp³-hybridized carbons (Fsp3) is 0.556. The summed E-state index contributed by atoms with van der Waals surface area (Å²) in [6.07, 6.45) is 1.84. The summed E-state index contributed by atoms with van der Waals surface area (Å²) in [6, 6.07) is 3.07. The molecule has 1 aromatic heterocycles. The van der Waals surface area contributed by atoms with E-state index in [9.17, 15) is 8.42 Å². The molecule has 2 heterocycles. The second kappa shape index (κ2) is 3.96. The van der Waals surface area contributed by atoms with Crippen LogP contribution in [0.15, 0.2) is 21.6 Å². The van der Waals surface area contributed by atoms with Gasteiger partial charge in [-0.05, 0) is 25.0 Å². The molecular formula is C9H14N2O3S. The van der Waals surface area contributed by atoms with Crippen LogP contribution in [0.4, 0.5) is 0 Å². The second-order valence-corrected chi connectivity index (χ2v) is 5.40. The van der Waals surface area contributed by atoms with Gasteiger partial charge < -0.3 is 10.2 Å². The van der Waals surface area contributed by atoms with Crippen molar-refractivity contribution in [3.05, 3.63) is 17.9 Å². The Bertz CT molecular complexity index is 432. The minimum atomic E-state index is -3.42. The first-order chi connectivity index (χ1) is 7.14. The van der Waals surface area contributed by atoms with Gasteiger partial charge in [-0.1, -0.05) is 0 Å². The van der Waals surface area contributed by atoms with Gasteiger partial charge in [0, 0.05) is 13.1 Å². The predicted molar refractivity (Wildman–Crippen MR) is 54.6 cm³/mol. The molecule has 5 nitrogen and oxygen atoms in total. The SMILES string of the molecule is NCc1ccc(S(=O)(=O)N2CCCC2)o1. The Morgan fingerprint density at radius 1 is 1.33 bits per heavy atom. The molecule has 1 fully saturated rings. The Morgan fingerprint density at radius 2 is 2.00 bits per heavy atom. The molecule has 0 aliphatic carbocycles. The summed E-state index contributed by atoms with van der Waals surface area (Å²) >= 11 is 0. The van der Waals surface area contributed by atoms with Crippen molar-refractivity contribution in [3.8, 4) is 0 Å². The molecular weight excluding hydrogens is 216 g/mol. The molecule has 15 heavy (non-hydrogen) atoms. The van der Waals surface area contributed by atoms with E-state index in [1.807, 2.05) is 0 Å². The number of hydrogen-bond acceptors (Lipinski definition) is 4. The van der Waals surface area contributed by atoms with Crippen molar-refractivity contribution in [2.24, 2.45) is 5.73 Å². The van der Waals surface area contributed by atoms with Gasteiger partial charge in [-0.2, -0.15) is 4.31 Å². The molecule has 6 heteroatoms. The average Bonchev–Trinajstić information content (AvgIpc) is 2.89. The van der Waals surface area contributed by atoms with Gasteiger partial charge in [0.25, 0.3) is 10.0 Å². The Morgan fingerprint density at radius 3 is 2.53 bits per heavy atom. The third kappa shape index (κ3) is 1.92. The Labute approximate surface area is 88.9 Å². The topological polar surface area (TPSA) is 76.5 Å². The summed E-state index contributed by atoms with van der Waals surface area (Å²) < 4.78 is 30.5. The minimum Gasteiger partial charge on any atom is -0.447 e. The number of hydrogen-bond donors (Lipinski definition) is 1. The molecule has 1 aliphatic rings. The monoisotopic (exact) mass is 230 g/mol. The summed E-state index contributed by atoms with van der Waals surface area (Å²) in [5.74, 6) is 0.493. The Kier molecular flexibility index (Phi) is 2.81. The van der Waals surface area contributed by atoms with Crippen LogP contribution in [0.5, 0.6) is 0 Å². The van der Waals surface area contributed by atoms with Crippen LogP contribution in [-0.2, 0) is 16.6 Å². The molecule has 1 aliphatic heterocycles. The number of nitrogens with zero attached hydrogens (tertiary/aromatic N) is 1. The van der Waals surface area contributed by atoms with Gasteiger partial charge in [-0.25, -0.2) is 8.42 Å². The van der Waals surface area contributed by atoms with Crippen LogP contribution in [-0.4, -0.2) is 25.8 Å². The fourth-order valence-corrected chi connectivity index (χ4v) is 3.11. The summed E-state index contributed by atoms with van der Waals surface area (Å²) in [4.78, 5) is 0. The molecule has 0 amide bonds. The fourth-order valence-electron chi connectivity index (χ4n) is 1.66. The van der Waals surface area contributed by atoms with Gasteiger partial charge in [0.05, 0.1) is 6.54 Å². The molecule has 0 radical (unpaired) electrons. The summed E-state index contributed by atoms with van der Waals surface area (Å²) in [5.41, 5.74) is 5.36. The molecule has 0 spiro atoms. The first kappa shape index (κ1) is 10.7. The molecule has 0 atom stereocenters. The quantitative estimate of drug-likeness (QED) is 0.821. The molecule has 2 N–H and O–H groups in total. The highest BCUT2D eigenvalue weighted by atomic mass is 32.2. The smallest absolute Gasteiger partial charge is 0.276 e. The third-order valence-electron chi connectivity index (χ3n) is 2.50. The number of nitrogens with two attached hydrogens (primary N) is 1. The van der Waals surface area contributed by atoms with E-state index in [2.05, 4.69) is 0 Å². The maximum Gasteiger partial charge on any atom is 0.276 e. The first-order valence-electron chi connectivity index (χ1n) is 4.93. The van der Waals surface area contributed by atoms with Gasteiger partial charge in [0.2, 0.25) is 5.09 Å². The van der Waals surface area contributed by atoms with Crippen molar-refractivity contribution in [3.63, 3.8) is 0 Å². The van der Waals surface area contributed by atoms with Crippen molar-refractivity contribution in [2.75, 3.05) is 13.1 Å². The number of rotatable bonds is 3. The molecule has 84 valence electrons. The largest absolute Gasteiger partial charge is 0.447 e. The van der Waals surface area contributed by atoms with Crippen LogP contribution >= 0.6 is 0 Å². The van der Waals surface area contributed by atoms with Crippen LogP contribution in [0.1, 0.15) is 18.6 Å². The van der Waals surface area contributed by atoms with Crippen LogP contribution in [0, 0.1) is 0 Å². The van der Waals surface area contributed by atoms with Crippen LogP contribution in [0.3, 0.4) is 0 Å². The van der Waals surface area contributed by atoms with E-state index in [0.29, 0.717) is 18.8 Å². The van der Waals surface area contributed by atoms with Crippen molar-refractivity contribution >= 4 is 10.0 Å². The van der Waals surface area contributed by atoms with Crippen molar-refractivity contribution in [1.29, 1.82) is 0 Å². The minimum absolute atomic E-state index is 0.00449. The molecule has 2 rings (SSSR count). The van der Waals surface area contributed by atoms with Crippen molar-refractivity contribution in [1.82, 2.24) is 4.31 Å². The zero-order chi connectivity index (χ0) is 10.9. The molecule has 0 aromatic carbocycles. The molecule has 0 bridgehead atoms. The van der Waals surface area contributed by atoms with Crippen LogP contribution < -0.4 is 5.73 Å². The van der Waals surface area contributed by atoms with E-state index in [1.165, 1.54) is 10.4 Å².